The number of piperidine rings is 1. The molecule has 2 aromatic carbocycles. The van der Waals surface area contributed by atoms with E-state index in [1.54, 1.807) is 0 Å². The van der Waals surface area contributed by atoms with Gasteiger partial charge in [0.15, 0.2) is 0 Å². The molecule has 1 aliphatic rings. The van der Waals surface area contributed by atoms with Crippen LogP contribution in [-0.2, 0) is 0 Å². The number of carbonyl (C=O) groups is 1. The van der Waals surface area contributed by atoms with Crippen LogP contribution in [0.25, 0.3) is 22.2 Å². The van der Waals surface area contributed by atoms with Crippen LogP contribution in [0, 0.1) is 12.8 Å². The van der Waals surface area contributed by atoms with E-state index < -0.39 is 0 Å². The zero-order chi connectivity index (χ0) is 18.1. The minimum Gasteiger partial charge on any atom is -0.338 e. The van der Waals surface area contributed by atoms with Gasteiger partial charge < -0.3 is 4.90 Å². The molecule has 1 aromatic heterocycles. The highest BCUT2D eigenvalue weighted by atomic mass is 16.2. The van der Waals surface area contributed by atoms with Crippen molar-refractivity contribution in [3.63, 3.8) is 0 Å². The van der Waals surface area contributed by atoms with Crippen molar-refractivity contribution in [1.29, 1.82) is 0 Å². The highest BCUT2D eigenvalue weighted by Gasteiger charge is 2.24. The number of carbonyl (C=O) groups excluding carboxylic acids is 1. The van der Waals surface area contributed by atoms with Gasteiger partial charge in [0.1, 0.15) is 0 Å². The minimum atomic E-state index is 0.129. The zero-order valence-corrected chi connectivity index (χ0v) is 15.4. The van der Waals surface area contributed by atoms with E-state index in [2.05, 4.69) is 32.0 Å². The van der Waals surface area contributed by atoms with Crippen molar-refractivity contribution >= 4 is 16.8 Å². The largest absolute Gasteiger partial charge is 0.338 e. The Morgan fingerprint density at radius 3 is 2.77 bits per heavy atom. The third-order valence-corrected chi connectivity index (χ3v) is 5.20. The fourth-order valence-electron chi connectivity index (χ4n) is 3.85. The van der Waals surface area contributed by atoms with Gasteiger partial charge in [0.2, 0.25) is 0 Å². The molecular weight excluding hydrogens is 320 g/mol. The molecule has 0 radical (unpaired) electrons. The molecule has 3 nitrogen and oxygen atoms in total. The maximum atomic E-state index is 13.3. The Hall–Kier alpha value is -2.68. The summed E-state index contributed by atoms with van der Waals surface area (Å²) in [5.74, 6) is 0.695. The first-order valence-corrected chi connectivity index (χ1v) is 9.38. The molecule has 1 fully saturated rings. The summed E-state index contributed by atoms with van der Waals surface area (Å²) in [5.41, 5.74) is 4.74. The predicted molar refractivity (Wildman–Crippen MR) is 106 cm³/mol. The quantitative estimate of drug-likeness (QED) is 0.649. The van der Waals surface area contributed by atoms with Crippen molar-refractivity contribution in [3.05, 3.63) is 65.7 Å². The molecule has 3 aromatic rings. The van der Waals surface area contributed by atoms with Gasteiger partial charge in [0.05, 0.1) is 16.8 Å². The number of para-hydroxylation sites is 1. The minimum absolute atomic E-state index is 0.129. The third kappa shape index (κ3) is 3.22. The maximum absolute atomic E-state index is 13.3. The summed E-state index contributed by atoms with van der Waals surface area (Å²) in [5, 5.41) is 0.937. The lowest BCUT2D eigenvalue weighted by molar-refractivity contribution is 0.0685. The first-order valence-electron chi connectivity index (χ1n) is 9.38. The van der Waals surface area contributed by atoms with Crippen LogP contribution in [-0.4, -0.2) is 28.9 Å². The van der Waals surface area contributed by atoms with Crippen LogP contribution < -0.4 is 0 Å². The number of benzene rings is 2. The molecule has 26 heavy (non-hydrogen) atoms. The monoisotopic (exact) mass is 344 g/mol. The molecule has 1 aliphatic heterocycles. The molecule has 0 saturated carbocycles. The van der Waals surface area contributed by atoms with Crippen molar-refractivity contribution in [1.82, 2.24) is 9.88 Å². The smallest absolute Gasteiger partial charge is 0.254 e. The number of rotatable bonds is 2. The first kappa shape index (κ1) is 16.8. The Morgan fingerprint density at radius 2 is 1.96 bits per heavy atom. The van der Waals surface area contributed by atoms with Crippen LogP contribution in [0.5, 0.6) is 0 Å². The van der Waals surface area contributed by atoms with Gasteiger partial charge in [0, 0.05) is 24.0 Å². The lowest BCUT2D eigenvalue weighted by Gasteiger charge is -2.31. The summed E-state index contributed by atoms with van der Waals surface area (Å²) in [7, 11) is 0. The maximum Gasteiger partial charge on any atom is 0.254 e. The fourth-order valence-corrected chi connectivity index (χ4v) is 3.85. The molecule has 1 unspecified atom stereocenters. The molecule has 2 heterocycles. The fraction of sp³-hybridized carbons (Fsp3) is 0.304. The highest BCUT2D eigenvalue weighted by Crippen LogP contribution is 2.27. The van der Waals surface area contributed by atoms with Crippen LogP contribution in [0.1, 0.15) is 35.7 Å². The number of amides is 1. The number of hydrogen-bond donors (Lipinski definition) is 0. The summed E-state index contributed by atoms with van der Waals surface area (Å²) >= 11 is 0. The number of nitrogens with zero attached hydrogens (tertiary/aromatic N) is 2. The Morgan fingerprint density at radius 1 is 1.12 bits per heavy atom. The van der Waals surface area contributed by atoms with Gasteiger partial charge in [-0.05, 0) is 43.9 Å². The number of fused-ring (bicyclic) bond motifs is 1. The van der Waals surface area contributed by atoms with Gasteiger partial charge in [-0.1, -0.05) is 48.9 Å². The van der Waals surface area contributed by atoms with E-state index in [0.29, 0.717) is 5.92 Å². The second-order valence-electron chi connectivity index (χ2n) is 7.44. The van der Waals surface area contributed by atoms with Crippen molar-refractivity contribution in [2.24, 2.45) is 5.92 Å². The molecule has 1 saturated heterocycles. The van der Waals surface area contributed by atoms with Crippen LogP contribution in [0.4, 0.5) is 0 Å². The SMILES string of the molecule is Cc1cccc(-c2cc(C(=O)N3CCCC(C)C3)c3ccccc3n2)c1. The van der Waals surface area contributed by atoms with E-state index >= 15 is 0 Å². The third-order valence-electron chi connectivity index (χ3n) is 5.20. The predicted octanol–water partition coefficient (Wildman–Crippen LogP) is 5.08. The van der Waals surface area contributed by atoms with Crippen LogP contribution in [0.2, 0.25) is 0 Å². The number of pyridine rings is 1. The van der Waals surface area contributed by atoms with Crippen LogP contribution in [0.15, 0.2) is 54.6 Å². The summed E-state index contributed by atoms with van der Waals surface area (Å²) < 4.78 is 0. The molecule has 132 valence electrons. The van der Waals surface area contributed by atoms with Crippen LogP contribution >= 0.6 is 0 Å². The lowest BCUT2D eigenvalue weighted by Crippen LogP contribution is -2.39. The second-order valence-corrected chi connectivity index (χ2v) is 7.44. The number of aromatic nitrogens is 1. The van der Waals surface area contributed by atoms with E-state index in [-0.39, 0.29) is 5.91 Å². The Balaban J connectivity index is 1.83. The topological polar surface area (TPSA) is 33.2 Å². The molecular formula is C23H24N2O. The molecule has 3 heteroatoms. The lowest BCUT2D eigenvalue weighted by atomic mass is 9.98. The van der Waals surface area contributed by atoms with Crippen LogP contribution in [0.3, 0.4) is 0 Å². The molecule has 1 atom stereocenters. The molecule has 0 spiro atoms. The van der Waals surface area contributed by atoms with Gasteiger partial charge >= 0.3 is 0 Å². The zero-order valence-electron chi connectivity index (χ0n) is 15.4. The average Bonchev–Trinajstić information content (AvgIpc) is 2.66. The van der Waals surface area contributed by atoms with Gasteiger partial charge in [-0.2, -0.15) is 0 Å². The van der Waals surface area contributed by atoms with E-state index in [9.17, 15) is 4.79 Å². The summed E-state index contributed by atoms with van der Waals surface area (Å²) in [4.78, 5) is 20.1. The number of aryl methyl sites for hydroxylation is 1. The van der Waals surface area contributed by atoms with Gasteiger partial charge in [-0.25, -0.2) is 4.98 Å². The van der Waals surface area contributed by atoms with Crippen molar-refractivity contribution in [2.75, 3.05) is 13.1 Å². The summed E-state index contributed by atoms with van der Waals surface area (Å²) in [6, 6.07) is 18.2. The summed E-state index contributed by atoms with van der Waals surface area (Å²) in [6.07, 6.45) is 2.29. The number of hydrogen-bond acceptors (Lipinski definition) is 2. The van der Waals surface area contributed by atoms with Gasteiger partial charge in [-0.3, -0.25) is 4.79 Å². The summed E-state index contributed by atoms with van der Waals surface area (Å²) in [6.45, 7) is 5.99. The van der Waals surface area contributed by atoms with Gasteiger partial charge in [0.25, 0.3) is 5.91 Å². The molecule has 0 bridgehead atoms. The Labute approximate surface area is 154 Å². The molecule has 0 aliphatic carbocycles. The van der Waals surface area contributed by atoms with Gasteiger partial charge in [-0.15, -0.1) is 0 Å². The van der Waals surface area contributed by atoms with Crippen molar-refractivity contribution < 1.29 is 4.79 Å². The second kappa shape index (κ2) is 6.91. The van der Waals surface area contributed by atoms with Crippen molar-refractivity contribution in [2.45, 2.75) is 26.7 Å². The number of likely N-dealkylation sites (tertiary alicyclic amines) is 1. The normalized spacial score (nSPS) is 17.5. The van der Waals surface area contributed by atoms with E-state index in [0.717, 1.165) is 47.2 Å². The molecule has 1 amide bonds. The van der Waals surface area contributed by atoms with E-state index in [1.807, 2.05) is 41.3 Å². The Bertz CT molecular complexity index is 963. The average molecular weight is 344 g/mol. The highest BCUT2D eigenvalue weighted by molar-refractivity contribution is 6.07. The Kier molecular flexibility index (Phi) is 4.46. The van der Waals surface area contributed by atoms with E-state index in [1.165, 1.54) is 12.0 Å². The van der Waals surface area contributed by atoms with E-state index in [4.69, 9.17) is 4.98 Å². The van der Waals surface area contributed by atoms with Crippen molar-refractivity contribution in [3.8, 4) is 11.3 Å². The molecule has 0 N–H and O–H groups in total. The standard InChI is InChI=1S/C23H24N2O/c1-16-7-5-9-18(13-16)22-14-20(19-10-3-4-11-21(19)24-22)23(26)25-12-6-8-17(2)15-25/h3-5,7,9-11,13-14,17H,6,8,12,15H2,1-2H3. The first-order chi connectivity index (χ1) is 12.6. The molecule has 4 rings (SSSR count).